The van der Waals surface area contributed by atoms with Gasteiger partial charge in [-0.1, -0.05) is 5.92 Å². The molecule has 0 unspecified atom stereocenters. The molecule has 3 heteroatoms. The number of hydrogen-bond acceptors (Lipinski definition) is 2. The van der Waals surface area contributed by atoms with E-state index in [9.17, 15) is 0 Å². The van der Waals surface area contributed by atoms with Gasteiger partial charge in [0.1, 0.15) is 5.40 Å². The Balaban J connectivity index is -0.000000125. The maximum Gasteiger partial charge on any atom is 1.00 e. The van der Waals surface area contributed by atoms with E-state index in [1.54, 1.807) is 0 Å². The van der Waals surface area contributed by atoms with Gasteiger partial charge in [0.25, 0.3) is 0 Å². The van der Waals surface area contributed by atoms with E-state index >= 15 is 0 Å². The number of thioether (sulfide) groups is 1. The summed E-state index contributed by atoms with van der Waals surface area (Å²) >= 11 is 1.08. The summed E-state index contributed by atoms with van der Waals surface area (Å²) in [6, 6.07) is 0. The van der Waals surface area contributed by atoms with Gasteiger partial charge in [0, 0.05) is 0 Å². The van der Waals surface area contributed by atoms with E-state index < -0.39 is 0 Å². The molecule has 0 aromatic heterocycles. The summed E-state index contributed by atoms with van der Waals surface area (Å²) in [5, 5.41) is 9.66. The summed E-state index contributed by atoms with van der Waals surface area (Å²) in [5.74, 6) is 2.81. The Labute approximate surface area is 91.8 Å². The smallest absolute Gasteiger partial charge is 1.00 e. The van der Waals surface area contributed by atoms with Crippen LogP contribution in [-0.2, 0) is 0 Å². The molecule has 0 aliphatic carbocycles. The third kappa shape index (κ3) is 11.0. The second-order valence-electron chi connectivity index (χ2n) is 0.584. The molecule has 0 aliphatic heterocycles. The molecular formula is C4H4KNS. The van der Waals surface area contributed by atoms with E-state index in [0.717, 1.165) is 11.8 Å². The molecule has 32 valence electrons. The Hall–Kier alpha value is 1.04. The molecule has 0 aromatic carbocycles. The van der Waals surface area contributed by atoms with Crippen LogP contribution in [0.3, 0.4) is 0 Å². The SMILES string of the molecule is C#CCSC#N.[H-].[K+]. The topological polar surface area (TPSA) is 23.8 Å². The molecule has 1 nitrogen and oxygen atoms in total. The maximum absolute atomic E-state index is 7.81. The van der Waals surface area contributed by atoms with Gasteiger partial charge in [0.2, 0.25) is 0 Å². The zero-order valence-electron chi connectivity index (χ0n) is 5.14. The minimum atomic E-state index is 0. The zero-order valence-corrected chi connectivity index (χ0v) is 8.08. The van der Waals surface area contributed by atoms with E-state index in [1.165, 1.54) is 0 Å². The third-order valence-corrected chi connectivity index (χ3v) is 0.660. The summed E-state index contributed by atoms with van der Waals surface area (Å²) < 4.78 is 0. The zero-order chi connectivity index (χ0) is 4.83. The molecule has 0 N–H and O–H groups in total. The van der Waals surface area contributed by atoms with Crippen LogP contribution in [0.4, 0.5) is 0 Å². The first-order chi connectivity index (χ1) is 2.91. The van der Waals surface area contributed by atoms with Gasteiger partial charge in [-0.25, -0.2) is 0 Å². The van der Waals surface area contributed by atoms with Crippen LogP contribution in [0.1, 0.15) is 1.43 Å². The fraction of sp³-hybridized carbons (Fsp3) is 0.250. The molecule has 0 radical (unpaired) electrons. The van der Waals surface area contributed by atoms with E-state index in [1.807, 2.05) is 5.40 Å². The van der Waals surface area contributed by atoms with Crippen LogP contribution in [0.2, 0.25) is 0 Å². The van der Waals surface area contributed by atoms with Gasteiger partial charge < -0.3 is 1.43 Å². The number of hydrogen-bond donors (Lipinski definition) is 0. The molecule has 0 saturated heterocycles. The largest absolute Gasteiger partial charge is 1.00 e. The minimum Gasteiger partial charge on any atom is -1.00 e. The number of nitriles is 1. The standard InChI is InChI=1S/C4H3NS.K.H/c1-2-3-6-4-5;;/h1H,3H2;;/q;+1;-1. The van der Waals surface area contributed by atoms with Crippen molar-refractivity contribution in [3.63, 3.8) is 0 Å². The Bertz CT molecular complexity index is 89.6. The van der Waals surface area contributed by atoms with E-state index in [4.69, 9.17) is 11.7 Å². The van der Waals surface area contributed by atoms with Crippen molar-refractivity contribution in [1.29, 1.82) is 5.26 Å². The fourth-order valence-corrected chi connectivity index (χ4v) is 0.222. The van der Waals surface area contributed by atoms with Gasteiger partial charge in [-0.05, 0) is 11.8 Å². The molecule has 0 spiro atoms. The van der Waals surface area contributed by atoms with Crippen molar-refractivity contribution in [1.82, 2.24) is 0 Å². The second-order valence-corrected chi connectivity index (χ2v) is 1.34. The van der Waals surface area contributed by atoms with Gasteiger partial charge in [-0.3, -0.25) is 0 Å². The third-order valence-electron chi connectivity index (χ3n) is 0.220. The van der Waals surface area contributed by atoms with Crippen LogP contribution < -0.4 is 51.4 Å². The molecule has 0 amide bonds. The molecule has 0 heterocycles. The molecule has 0 fully saturated rings. The summed E-state index contributed by atoms with van der Waals surface area (Å²) in [6.45, 7) is 0. The molecule has 0 saturated carbocycles. The van der Waals surface area contributed by atoms with Crippen molar-refractivity contribution < 1.29 is 52.8 Å². The van der Waals surface area contributed by atoms with E-state index in [2.05, 4.69) is 5.92 Å². The molecular weight excluding hydrogens is 133 g/mol. The maximum atomic E-state index is 7.81. The van der Waals surface area contributed by atoms with Crippen LogP contribution in [0.25, 0.3) is 0 Å². The molecule has 0 atom stereocenters. The van der Waals surface area contributed by atoms with Crippen molar-refractivity contribution in [2.75, 3.05) is 5.75 Å². The van der Waals surface area contributed by atoms with Gasteiger partial charge in [-0.15, -0.1) is 6.42 Å². The van der Waals surface area contributed by atoms with Gasteiger partial charge >= 0.3 is 51.4 Å². The summed E-state index contributed by atoms with van der Waals surface area (Å²) in [5.41, 5.74) is 0. The van der Waals surface area contributed by atoms with Crippen LogP contribution in [0.15, 0.2) is 0 Å². The van der Waals surface area contributed by atoms with Gasteiger partial charge in [-0.2, -0.15) is 5.26 Å². The molecule has 0 rings (SSSR count). The van der Waals surface area contributed by atoms with Crippen molar-refractivity contribution in [3.05, 3.63) is 0 Å². The predicted octanol–water partition coefficient (Wildman–Crippen LogP) is -2.05. The van der Waals surface area contributed by atoms with Crippen LogP contribution >= 0.6 is 11.8 Å². The Kier molecular flexibility index (Phi) is 15.8. The summed E-state index contributed by atoms with van der Waals surface area (Å²) in [7, 11) is 0. The summed E-state index contributed by atoms with van der Waals surface area (Å²) in [4.78, 5) is 0. The molecule has 7 heavy (non-hydrogen) atoms. The van der Waals surface area contributed by atoms with E-state index in [0.29, 0.717) is 5.75 Å². The van der Waals surface area contributed by atoms with Crippen LogP contribution in [0.5, 0.6) is 0 Å². The van der Waals surface area contributed by atoms with Crippen LogP contribution in [0, 0.1) is 23.0 Å². The van der Waals surface area contributed by atoms with E-state index in [-0.39, 0.29) is 52.8 Å². The van der Waals surface area contributed by atoms with Crippen molar-refractivity contribution >= 4 is 11.8 Å². The molecule has 0 bridgehead atoms. The first kappa shape index (κ1) is 10.9. The first-order valence-corrected chi connectivity index (χ1v) is 2.34. The average molecular weight is 137 g/mol. The number of nitrogens with zero attached hydrogens (tertiary/aromatic N) is 1. The summed E-state index contributed by atoms with van der Waals surface area (Å²) in [6.07, 6.45) is 4.79. The van der Waals surface area contributed by atoms with Crippen molar-refractivity contribution in [3.8, 4) is 17.7 Å². The van der Waals surface area contributed by atoms with Crippen molar-refractivity contribution in [2.24, 2.45) is 0 Å². The minimum absolute atomic E-state index is 0. The number of terminal acetylenes is 1. The van der Waals surface area contributed by atoms with Gasteiger partial charge in [0.15, 0.2) is 0 Å². The molecule has 0 aliphatic rings. The fourth-order valence-electron chi connectivity index (χ4n) is 0.0739. The number of rotatable bonds is 1. The Morgan fingerprint density at radius 1 is 1.86 bits per heavy atom. The Morgan fingerprint density at radius 2 is 2.43 bits per heavy atom. The second kappa shape index (κ2) is 10.1. The van der Waals surface area contributed by atoms with Crippen LogP contribution in [-0.4, -0.2) is 5.75 Å². The Morgan fingerprint density at radius 3 is 2.57 bits per heavy atom. The quantitative estimate of drug-likeness (QED) is 0.180. The normalized spacial score (nSPS) is 4.86. The first-order valence-electron chi connectivity index (χ1n) is 1.36. The molecule has 0 aromatic rings. The van der Waals surface area contributed by atoms with Crippen molar-refractivity contribution in [2.45, 2.75) is 0 Å². The van der Waals surface area contributed by atoms with Gasteiger partial charge in [0.05, 0.1) is 5.75 Å². The monoisotopic (exact) mass is 137 g/mol. The number of thiocyanates is 1. The average Bonchev–Trinajstić information content (AvgIpc) is 1.61. The predicted molar refractivity (Wildman–Crippen MR) is 28.0 cm³/mol.